The van der Waals surface area contributed by atoms with Crippen LogP contribution in [0.25, 0.3) is 0 Å². The summed E-state index contributed by atoms with van der Waals surface area (Å²) in [5.74, 6) is 0.0783. The second-order valence-corrected chi connectivity index (χ2v) is 8.70. The lowest BCUT2D eigenvalue weighted by molar-refractivity contribution is 0.0390. The molecule has 1 amide bonds. The zero-order chi connectivity index (χ0) is 19.2. The van der Waals surface area contributed by atoms with Crippen molar-refractivity contribution in [1.29, 1.82) is 0 Å². The van der Waals surface area contributed by atoms with Gasteiger partial charge >= 0.3 is 0 Å². The molecule has 1 fully saturated rings. The van der Waals surface area contributed by atoms with E-state index in [4.69, 9.17) is 4.74 Å². The van der Waals surface area contributed by atoms with Gasteiger partial charge in [-0.05, 0) is 30.5 Å². The van der Waals surface area contributed by atoms with E-state index in [1.807, 2.05) is 13.8 Å². The van der Waals surface area contributed by atoms with E-state index in [1.165, 1.54) is 12.1 Å². The fourth-order valence-corrected chi connectivity index (χ4v) is 3.70. The zero-order valence-electron chi connectivity index (χ0n) is 15.7. The van der Waals surface area contributed by atoms with Crippen LogP contribution in [0.15, 0.2) is 23.1 Å². The summed E-state index contributed by atoms with van der Waals surface area (Å²) < 4.78 is 33.0. The molecule has 1 aromatic rings. The van der Waals surface area contributed by atoms with E-state index in [2.05, 4.69) is 14.9 Å². The van der Waals surface area contributed by atoms with Crippen molar-refractivity contribution in [1.82, 2.24) is 14.9 Å². The lowest BCUT2D eigenvalue weighted by Gasteiger charge is -2.26. The molecule has 2 N–H and O–H groups in total. The molecule has 26 heavy (non-hydrogen) atoms. The van der Waals surface area contributed by atoms with Crippen molar-refractivity contribution in [3.63, 3.8) is 0 Å². The van der Waals surface area contributed by atoms with Gasteiger partial charge in [0.2, 0.25) is 10.0 Å². The van der Waals surface area contributed by atoms with Crippen molar-refractivity contribution in [2.75, 3.05) is 45.9 Å². The topological polar surface area (TPSA) is 87.7 Å². The fraction of sp³-hybridized carbons (Fsp3) is 0.611. The van der Waals surface area contributed by atoms with Crippen LogP contribution in [0.1, 0.15) is 29.8 Å². The minimum atomic E-state index is -3.65. The van der Waals surface area contributed by atoms with E-state index in [1.54, 1.807) is 13.0 Å². The van der Waals surface area contributed by atoms with Crippen LogP contribution in [0, 0.1) is 12.8 Å². The highest BCUT2D eigenvalue weighted by atomic mass is 32.2. The highest BCUT2D eigenvalue weighted by Crippen LogP contribution is 2.16. The molecule has 7 nitrogen and oxygen atoms in total. The smallest absolute Gasteiger partial charge is 0.251 e. The summed E-state index contributed by atoms with van der Waals surface area (Å²) in [7, 11) is -3.65. The molecule has 1 aliphatic rings. The van der Waals surface area contributed by atoms with Crippen molar-refractivity contribution in [2.45, 2.75) is 25.7 Å². The number of hydrogen-bond donors (Lipinski definition) is 2. The molecule has 1 aliphatic heterocycles. The predicted molar refractivity (Wildman–Crippen MR) is 101 cm³/mol. The Morgan fingerprint density at radius 2 is 1.96 bits per heavy atom. The molecule has 1 heterocycles. The van der Waals surface area contributed by atoms with E-state index in [9.17, 15) is 13.2 Å². The Morgan fingerprint density at radius 1 is 1.27 bits per heavy atom. The number of carbonyl (C=O) groups excluding carboxylic acids is 1. The van der Waals surface area contributed by atoms with Crippen LogP contribution in [0.4, 0.5) is 0 Å². The van der Waals surface area contributed by atoms with Gasteiger partial charge in [-0.3, -0.25) is 9.69 Å². The third-order valence-corrected chi connectivity index (χ3v) is 5.72. The molecule has 146 valence electrons. The molecular weight excluding hydrogens is 354 g/mol. The lowest BCUT2D eigenvalue weighted by atomic mass is 10.1. The van der Waals surface area contributed by atoms with Crippen molar-refractivity contribution in [2.24, 2.45) is 5.92 Å². The summed E-state index contributed by atoms with van der Waals surface area (Å²) >= 11 is 0. The maximum Gasteiger partial charge on any atom is 0.251 e. The summed E-state index contributed by atoms with van der Waals surface area (Å²) in [4.78, 5) is 14.6. The summed E-state index contributed by atoms with van der Waals surface area (Å²) in [6, 6.07) is 4.65. The van der Waals surface area contributed by atoms with Crippen LogP contribution in [-0.2, 0) is 14.8 Å². The van der Waals surface area contributed by atoms with Crippen LogP contribution in [0.2, 0.25) is 0 Å². The molecule has 0 saturated carbocycles. The number of amides is 1. The van der Waals surface area contributed by atoms with Crippen LogP contribution in [0.5, 0.6) is 0 Å². The molecule has 0 radical (unpaired) electrons. The molecular formula is C18H29N3O4S. The molecule has 0 aliphatic carbocycles. The van der Waals surface area contributed by atoms with E-state index >= 15 is 0 Å². The Labute approximate surface area is 156 Å². The third kappa shape index (κ3) is 6.05. The third-order valence-electron chi connectivity index (χ3n) is 4.26. The summed E-state index contributed by atoms with van der Waals surface area (Å²) in [5.41, 5.74) is 1.14. The molecule has 1 saturated heterocycles. The second kappa shape index (κ2) is 9.45. The average molecular weight is 384 g/mol. The number of carbonyl (C=O) groups is 1. The maximum atomic E-state index is 12.5. The second-order valence-electron chi connectivity index (χ2n) is 6.93. The highest BCUT2D eigenvalue weighted by Gasteiger charge is 2.19. The molecule has 0 aromatic heterocycles. The largest absolute Gasteiger partial charge is 0.379 e. The SMILES string of the molecule is Cc1ccc(S(=O)(=O)NCCN2CCOCC2)cc1C(=O)NCC(C)C. The van der Waals surface area contributed by atoms with Crippen molar-refractivity contribution in [3.8, 4) is 0 Å². The van der Waals surface area contributed by atoms with Crippen molar-refractivity contribution in [3.05, 3.63) is 29.3 Å². The molecule has 1 aromatic carbocycles. The van der Waals surface area contributed by atoms with Gasteiger partial charge in [0.15, 0.2) is 0 Å². The van der Waals surface area contributed by atoms with Gasteiger partial charge in [-0.15, -0.1) is 0 Å². The summed E-state index contributed by atoms with van der Waals surface area (Å²) in [6.45, 7) is 10.3. The molecule has 0 bridgehead atoms. The first-order valence-electron chi connectivity index (χ1n) is 8.98. The van der Waals surface area contributed by atoms with Gasteiger partial charge < -0.3 is 10.1 Å². The Morgan fingerprint density at radius 3 is 2.62 bits per heavy atom. The van der Waals surface area contributed by atoms with E-state index < -0.39 is 10.0 Å². The standard InChI is InChI=1S/C18H29N3O4S/c1-14(2)13-19-18(22)17-12-16(5-4-15(17)3)26(23,24)20-6-7-21-8-10-25-11-9-21/h4-5,12,14,20H,6-11,13H2,1-3H3,(H,19,22). The van der Waals surface area contributed by atoms with Gasteiger partial charge in [-0.2, -0.15) is 0 Å². The molecule has 2 rings (SSSR count). The van der Waals surface area contributed by atoms with Crippen LogP contribution >= 0.6 is 0 Å². The van der Waals surface area contributed by atoms with Gasteiger partial charge in [-0.25, -0.2) is 13.1 Å². The van der Waals surface area contributed by atoms with E-state index in [0.29, 0.717) is 44.3 Å². The number of benzene rings is 1. The van der Waals surface area contributed by atoms with Crippen molar-refractivity contribution < 1.29 is 17.9 Å². The number of aryl methyl sites for hydroxylation is 1. The van der Waals surface area contributed by atoms with Crippen LogP contribution in [0.3, 0.4) is 0 Å². The monoisotopic (exact) mass is 383 g/mol. The first-order chi connectivity index (χ1) is 12.3. The average Bonchev–Trinajstić information content (AvgIpc) is 2.60. The molecule has 0 atom stereocenters. The van der Waals surface area contributed by atoms with E-state index in [-0.39, 0.29) is 10.8 Å². The van der Waals surface area contributed by atoms with E-state index in [0.717, 1.165) is 18.7 Å². The Kier molecular flexibility index (Phi) is 7.57. The summed E-state index contributed by atoms with van der Waals surface area (Å²) in [6.07, 6.45) is 0. The summed E-state index contributed by atoms with van der Waals surface area (Å²) in [5, 5.41) is 2.83. The molecule has 0 unspecified atom stereocenters. The number of ether oxygens (including phenoxy) is 1. The van der Waals surface area contributed by atoms with Crippen LogP contribution < -0.4 is 10.0 Å². The number of morpholine rings is 1. The van der Waals surface area contributed by atoms with Gasteiger partial charge in [0.1, 0.15) is 0 Å². The van der Waals surface area contributed by atoms with Gasteiger partial charge in [0, 0.05) is 38.3 Å². The highest BCUT2D eigenvalue weighted by molar-refractivity contribution is 7.89. The molecule has 0 spiro atoms. The Hall–Kier alpha value is -1.48. The van der Waals surface area contributed by atoms with Crippen LogP contribution in [-0.4, -0.2) is 65.2 Å². The fourth-order valence-electron chi connectivity index (χ4n) is 2.65. The van der Waals surface area contributed by atoms with Gasteiger partial charge in [0.25, 0.3) is 5.91 Å². The predicted octanol–water partition coefficient (Wildman–Crippen LogP) is 0.991. The first-order valence-corrected chi connectivity index (χ1v) is 10.5. The zero-order valence-corrected chi connectivity index (χ0v) is 16.6. The number of nitrogens with one attached hydrogen (secondary N) is 2. The number of rotatable bonds is 8. The normalized spacial score (nSPS) is 16.0. The minimum absolute atomic E-state index is 0.111. The maximum absolute atomic E-state index is 12.5. The first kappa shape index (κ1) is 20.8. The minimum Gasteiger partial charge on any atom is -0.379 e. The quantitative estimate of drug-likeness (QED) is 0.699. The van der Waals surface area contributed by atoms with Gasteiger partial charge in [-0.1, -0.05) is 19.9 Å². The number of hydrogen-bond acceptors (Lipinski definition) is 5. The van der Waals surface area contributed by atoms with Crippen molar-refractivity contribution >= 4 is 15.9 Å². The number of nitrogens with zero attached hydrogens (tertiary/aromatic N) is 1. The lowest BCUT2D eigenvalue weighted by Crippen LogP contribution is -2.41. The number of sulfonamides is 1. The molecule has 8 heteroatoms. The Bertz CT molecular complexity index is 713. The van der Waals surface area contributed by atoms with Gasteiger partial charge in [0.05, 0.1) is 18.1 Å². The Balaban J connectivity index is 2.01.